The van der Waals surface area contributed by atoms with Crippen molar-refractivity contribution in [3.05, 3.63) is 16.0 Å². The Balaban J connectivity index is 3.44. The lowest BCUT2D eigenvalue weighted by atomic mass is 9.93. The third-order valence-electron chi connectivity index (χ3n) is 1.76. The van der Waals surface area contributed by atoms with Crippen LogP contribution in [0.1, 0.15) is 26.5 Å². The van der Waals surface area contributed by atoms with Crippen LogP contribution >= 0.6 is 12.6 Å². The topological polar surface area (TPSA) is 47.8 Å². The lowest BCUT2D eigenvalue weighted by molar-refractivity contribution is 0.513. The van der Waals surface area contributed by atoms with Gasteiger partial charge in [0.1, 0.15) is 5.69 Å². The highest BCUT2D eigenvalue weighted by Crippen LogP contribution is 2.15. The van der Waals surface area contributed by atoms with Crippen molar-refractivity contribution >= 4 is 12.6 Å². The van der Waals surface area contributed by atoms with Gasteiger partial charge < -0.3 is 0 Å². The van der Waals surface area contributed by atoms with E-state index in [-0.39, 0.29) is 11.0 Å². The van der Waals surface area contributed by atoms with Gasteiger partial charge >= 0.3 is 0 Å². The van der Waals surface area contributed by atoms with Gasteiger partial charge in [-0.25, -0.2) is 0 Å². The predicted octanol–water partition coefficient (Wildman–Crippen LogP) is 0.761. The molecule has 1 heterocycles. The SMILES string of the molecule is Cn1c(S)nnc(C(C)(C)C)c1=O. The quantitative estimate of drug-likeness (QED) is 0.628. The Hall–Kier alpha value is -0.840. The number of rotatable bonds is 0. The molecule has 0 saturated heterocycles. The Bertz CT molecular complexity index is 378. The van der Waals surface area contributed by atoms with Gasteiger partial charge in [0, 0.05) is 12.5 Å². The third kappa shape index (κ3) is 1.91. The first kappa shape index (κ1) is 10.2. The van der Waals surface area contributed by atoms with E-state index in [9.17, 15) is 4.79 Å². The van der Waals surface area contributed by atoms with Crippen LogP contribution < -0.4 is 5.56 Å². The van der Waals surface area contributed by atoms with Crippen LogP contribution in [0.2, 0.25) is 0 Å². The Kier molecular flexibility index (Phi) is 2.47. The van der Waals surface area contributed by atoms with Gasteiger partial charge in [-0.3, -0.25) is 9.36 Å². The van der Waals surface area contributed by atoms with Crippen molar-refractivity contribution in [2.45, 2.75) is 31.3 Å². The van der Waals surface area contributed by atoms with Crippen LogP contribution in [0.25, 0.3) is 0 Å². The van der Waals surface area contributed by atoms with E-state index in [0.29, 0.717) is 10.9 Å². The number of hydrogen-bond donors (Lipinski definition) is 1. The lowest BCUT2D eigenvalue weighted by Gasteiger charge is -2.16. The van der Waals surface area contributed by atoms with Crippen LogP contribution in [0.5, 0.6) is 0 Å². The van der Waals surface area contributed by atoms with E-state index in [1.54, 1.807) is 7.05 Å². The average Bonchev–Trinajstić information content (AvgIpc) is 1.98. The zero-order chi connectivity index (χ0) is 10.2. The Labute approximate surface area is 82.4 Å². The molecule has 1 aromatic rings. The van der Waals surface area contributed by atoms with Crippen LogP contribution in [0.3, 0.4) is 0 Å². The summed E-state index contributed by atoms with van der Waals surface area (Å²) in [6, 6.07) is 0. The molecule has 0 aliphatic carbocycles. The van der Waals surface area contributed by atoms with E-state index in [1.165, 1.54) is 4.57 Å². The minimum atomic E-state index is -0.274. The van der Waals surface area contributed by atoms with Gasteiger partial charge in [-0.05, 0) is 0 Å². The van der Waals surface area contributed by atoms with Crippen molar-refractivity contribution in [3.63, 3.8) is 0 Å². The maximum atomic E-state index is 11.6. The summed E-state index contributed by atoms with van der Waals surface area (Å²) in [5, 5.41) is 7.96. The molecular formula is C8H13N3OS. The summed E-state index contributed by atoms with van der Waals surface area (Å²) in [6.07, 6.45) is 0. The van der Waals surface area contributed by atoms with Crippen molar-refractivity contribution in [3.8, 4) is 0 Å². The maximum absolute atomic E-state index is 11.6. The maximum Gasteiger partial charge on any atom is 0.276 e. The summed E-state index contributed by atoms with van der Waals surface area (Å²) < 4.78 is 1.39. The fourth-order valence-corrected chi connectivity index (χ4v) is 1.06. The molecule has 4 nitrogen and oxygen atoms in total. The van der Waals surface area contributed by atoms with Crippen LogP contribution in [0, 0.1) is 0 Å². The Morgan fingerprint density at radius 1 is 1.31 bits per heavy atom. The molecular weight excluding hydrogens is 186 g/mol. The van der Waals surface area contributed by atoms with Crippen LogP contribution in [-0.4, -0.2) is 14.8 Å². The van der Waals surface area contributed by atoms with Crippen molar-refractivity contribution < 1.29 is 0 Å². The molecule has 0 radical (unpaired) electrons. The molecule has 72 valence electrons. The number of hydrogen-bond acceptors (Lipinski definition) is 4. The zero-order valence-electron chi connectivity index (χ0n) is 8.20. The Morgan fingerprint density at radius 2 is 1.85 bits per heavy atom. The van der Waals surface area contributed by atoms with E-state index in [2.05, 4.69) is 22.8 Å². The van der Waals surface area contributed by atoms with E-state index in [4.69, 9.17) is 0 Å². The Morgan fingerprint density at radius 3 is 2.31 bits per heavy atom. The molecule has 0 unspecified atom stereocenters. The van der Waals surface area contributed by atoms with E-state index in [1.807, 2.05) is 20.8 Å². The van der Waals surface area contributed by atoms with Crippen LogP contribution in [-0.2, 0) is 12.5 Å². The number of thiol groups is 1. The number of aromatic nitrogens is 3. The molecule has 0 amide bonds. The third-order valence-corrected chi connectivity index (χ3v) is 2.15. The minimum absolute atomic E-state index is 0.132. The largest absolute Gasteiger partial charge is 0.288 e. The summed E-state index contributed by atoms with van der Waals surface area (Å²) in [6.45, 7) is 5.78. The molecule has 1 rings (SSSR count). The summed E-state index contributed by atoms with van der Waals surface area (Å²) in [4.78, 5) is 11.6. The molecule has 0 fully saturated rings. The standard InChI is InChI=1S/C8H13N3OS/c1-8(2,3)5-6(12)11(4)7(13)10-9-5/h1-4H3,(H,10,13). The van der Waals surface area contributed by atoms with Crippen molar-refractivity contribution in [2.75, 3.05) is 0 Å². The second-order valence-corrected chi connectivity index (χ2v) is 4.36. The summed E-state index contributed by atoms with van der Waals surface area (Å²) in [5.41, 5.74) is 0.0591. The molecule has 0 bridgehead atoms. The first-order valence-corrected chi connectivity index (χ1v) is 4.42. The molecule has 13 heavy (non-hydrogen) atoms. The average molecular weight is 199 g/mol. The predicted molar refractivity (Wildman–Crippen MR) is 53.2 cm³/mol. The fraction of sp³-hybridized carbons (Fsp3) is 0.625. The first-order valence-electron chi connectivity index (χ1n) is 3.97. The van der Waals surface area contributed by atoms with Crippen LogP contribution in [0.15, 0.2) is 9.95 Å². The molecule has 0 N–H and O–H groups in total. The molecule has 0 spiro atoms. The molecule has 0 aliphatic heterocycles. The highest BCUT2D eigenvalue weighted by Gasteiger charge is 2.21. The minimum Gasteiger partial charge on any atom is -0.288 e. The van der Waals surface area contributed by atoms with Crippen molar-refractivity contribution in [1.29, 1.82) is 0 Å². The molecule has 5 heteroatoms. The lowest BCUT2D eigenvalue weighted by Crippen LogP contribution is -2.32. The summed E-state index contributed by atoms with van der Waals surface area (Å²) >= 11 is 4.00. The van der Waals surface area contributed by atoms with Gasteiger partial charge in [-0.15, -0.1) is 22.8 Å². The van der Waals surface area contributed by atoms with Crippen molar-refractivity contribution in [1.82, 2.24) is 14.8 Å². The first-order chi connectivity index (χ1) is 5.84. The summed E-state index contributed by atoms with van der Waals surface area (Å²) in [7, 11) is 1.63. The smallest absolute Gasteiger partial charge is 0.276 e. The molecule has 0 aromatic carbocycles. The fourth-order valence-electron chi connectivity index (χ4n) is 0.925. The molecule has 0 saturated carbocycles. The molecule has 1 aromatic heterocycles. The molecule has 0 atom stereocenters. The second kappa shape index (κ2) is 3.14. The van der Waals surface area contributed by atoms with E-state index in [0.717, 1.165) is 0 Å². The van der Waals surface area contributed by atoms with Gasteiger partial charge in [0.2, 0.25) is 0 Å². The van der Waals surface area contributed by atoms with Crippen LogP contribution in [0.4, 0.5) is 0 Å². The van der Waals surface area contributed by atoms with Gasteiger partial charge in [-0.2, -0.15) is 0 Å². The van der Waals surface area contributed by atoms with E-state index < -0.39 is 0 Å². The normalized spacial score (nSPS) is 11.8. The number of nitrogens with zero attached hydrogens (tertiary/aromatic N) is 3. The molecule has 0 aliphatic rings. The highest BCUT2D eigenvalue weighted by atomic mass is 32.1. The highest BCUT2D eigenvalue weighted by molar-refractivity contribution is 7.80. The van der Waals surface area contributed by atoms with Gasteiger partial charge in [0.15, 0.2) is 5.16 Å². The zero-order valence-corrected chi connectivity index (χ0v) is 9.09. The summed E-state index contributed by atoms with van der Waals surface area (Å²) in [5.74, 6) is 0. The monoisotopic (exact) mass is 199 g/mol. The van der Waals surface area contributed by atoms with E-state index >= 15 is 0 Å². The second-order valence-electron chi connectivity index (χ2n) is 3.96. The van der Waals surface area contributed by atoms with Gasteiger partial charge in [-0.1, -0.05) is 20.8 Å². The van der Waals surface area contributed by atoms with Gasteiger partial charge in [0.25, 0.3) is 5.56 Å². The van der Waals surface area contributed by atoms with Gasteiger partial charge in [0.05, 0.1) is 0 Å². The van der Waals surface area contributed by atoms with Crippen molar-refractivity contribution in [2.24, 2.45) is 7.05 Å².